The minimum atomic E-state index is -0.585. The molecule has 1 aromatic carbocycles. The second-order valence-corrected chi connectivity index (χ2v) is 6.05. The lowest BCUT2D eigenvalue weighted by atomic mass is 10.2. The van der Waals surface area contributed by atoms with Crippen LogP contribution in [0.1, 0.15) is 22.2 Å². The van der Waals surface area contributed by atoms with Gasteiger partial charge >= 0.3 is 5.97 Å². The molecule has 0 aliphatic heterocycles. The maximum absolute atomic E-state index is 11.9. The number of nitrogens with one attached hydrogen (secondary N) is 2. The van der Waals surface area contributed by atoms with Gasteiger partial charge in [-0.3, -0.25) is 9.59 Å². The summed E-state index contributed by atoms with van der Waals surface area (Å²) in [5.41, 5.74) is 0.904. The summed E-state index contributed by atoms with van der Waals surface area (Å²) in [7, 11) is 0. The zero-order valence-electron chi connectivity index (χ0n) is 13.2. The van der Waals surface area contributed by atoms with Crippen molar-refractivity contribution in [2.45, 2.75) is 13.3 Å². The van der Waals surface area contributed by atoms with Crippen molar-refractivity contribution in [3.8, 4) is 0 Å². The Morgan fingerprint density at radius 1 is 1.12 bits per heavy atom. The number of rotatable bonds is 7. The maximum atomic E-state index is 11.9. The van der Waals surface area contributed by atoms with Crippen molar-refractivity contribution in [3.05, 3.63) is 52.2 Å². The van der Waals surface area contributed by atoms with E-state index >= 15 is 0 Å². The number of ether oxygens (including phenoxy) is 1. The van der Waals surface area contributed by atoms with Crippen LogP contribution in [0.25, 0.3) is 0 Å². The highest BCUT2D eigenvalue weighted by atomic mass is 32.1. The average molecular weight is 346 g/mol. The van der Waals surface area contributed by atoms with Crippen molar-refractivity contribution < 1.29 is 19.1 Å². The lowest BCUT2D eigenvalue weighted by molar-refractivity contribution is -0.124. The molecule has 2 amide bonds. The van der Waals surface area contributed by atoms with Crippen molar-refractivity contribution in [1.29, 1.82) is 0 Å². The number of thiophene rings is 1. The Bertz CT molecular complexity index is 696. The average Bonchev–Trinajstić information content (AvgIpc) is 3.06. The van der Waals surface area contributed by atoms with Gasteiger partial charge in [-0.05, 0) is 42.1 Å². The normalized spacial score (nSPS) is 10.0. The summed E-state index contributed by atoms with van der Waals surface area (Å²) < 4.78 is 4.96. The molecule has 6 nitrogen and oxygen atoms in total. The van der Waals surface area contributed by atoms with Gasteiger partial charge in [-0.1, -0.05) is 6.07 Å². The number of hydrogen-bond donors (Lipinski definition) is 2. The fourth-order valence-electron chi connectivity index (χ4n) is 1.94. The van der Waals surface area contributed by atoms with Gasteiger partial charge in [-0.25, -0.2) is 4.79 Å². The van der Waals surface area contributed by atoms with Crippen LogP contribution >= 0.6 is 11.3 Å². The Morgan fingerprint density at radius 2 is 1.88 bits per heavy atom. The molecule has 2 N–H and O–H groups in total. The Kier molecular flexibility index (Phi) is 6.51. The van der Waals surface area contributed by atoms with Crippen LogP contribution in [0.3, 0.4) is 0 Å². The number of carbonyl (C=O) groups excluding carboxylic acids is 3. The van der Waals surface area contributed by atoms with Gasteiger partial charge in [0.15, 0.2) is 6.61 Å². The van der Waals surface area contributed by atoms with E-state index in [2.05, 4.69) is 10.6 Å². The molecule has 24 heavy (non-hydrogen) atoms. The minimum absolute atomic E-state index is 0.190. The van der Waals surface area contributed by atoms with E-state index in [4.69, 9.17) is 4.74 Å². The molecule has 0 unspecified atom stereocenters. The third-order valence-electron chi connectivity index (χ3n) is 3.05. The maximum Gasteiger partial charge on any atom is 0.338 e. The summed E-state index contributed by atoms with van der Waals surface area (Å²) >= 11 is 1.63. The number of benzene rings is 1. The molecule has 0 saturated heterocycles. The van der Waals surface area contributed by atoms with Crippen molar-refractivity contribution in [3.63, 3.8) is 0 Å². The van der Waals surface area contributed by atoms with Gasteiger partial charge in [0, 0.05) is 24.0 Å². The molecular weight excluding hydrogens is 328 g/mol. The summed E-state index contributed by atoms with van der Waals surface area (Å²) in [6.45, 7) is 1.58. The van der Waals surface area contributed by atoms with Crippen LogP contribution in [0.4, 0.5) is 5.69 Å². The second kappa shape index (κ2) is 8.83. The van der Waals surface area contributed by atoms with Crippen molar-refractivity contribution in [2.24, 2.45) is 0 Å². The largest absolute Gasteiger partial charge is 0.452 e. The lowest BCUT2D eigenvalue weighted by Gasteiger charge is -2.07. The summed E-state index contributed by atoms with van der Waals surface area (Å²) in [5, 5.41) is 7.29. The van der Waals surface area contributed by atoms with E-state index in [1.807, 2.05) is 17.5 Å². The van der Waals surface area contributed by atoms with Gasteiger partial charge in [0.2, 0.25) is 5.91 Å². The van der Waals surface area contributed by atoms with Gasteiger partial charge in [-0.15, -0.1) is 11.3 Å². The second-order valence-electron chi connectivity index (χ2n) is 5.01. The van der Waals surface area contributed by atoms with Crippen molar-refractivity contribution >= 4 is 34.8 Å². The molecule has 1 aromatic heterocycles. The number of amides is 2. The molecule has 0 radical (unpaired) electrons. The summed E-state index contributed by atoms with van der Waals surface area (Å²) in [6, 6.07) is 10.2. The number of hydrogen-bond acceptors (Lipinski definition) is 5. The molecular formula is C17H18N2O4S. The molecule has 0 aliphatic carbocycles. The van der Waals surface area contributed by atoms with E-state index in [9.17, 15) is 14.4 Å². The van der Waals surface area contributed by atoms with Crippen LogP contribution in [0, 0.1) is 0 Å². The first kappa shape index (κ1) is 17.7. The predicted octanol–water partition coefficient (Wildman–Crippen LogP) is 2.22. The van der Waals surface area contributed by atoms with Crippen LogP contribution < -0.4 is 10.6 Å². The highest BCUT2D eigenvalue weighted by molar-refractivity contribution is 7.09. The van der Waals surface area contributed by atoms with Crippen LogP contribution in [0.15, 0.2) is 41.8 Å². The quantitative estimate of drug-likeness (QED) is 0.753. The Morgan fingerprint density at radius 3 is 2.50 bits per heavy atom. The van der Waals surface area contributed by atoms with E-state index in [0.717, 1.165) is 6.42 Å². The predicted molar refractivity (Wildman–Crippen MR) is 92.1 cm³/mol. The Balaban J connectivity index is 1.71. The number of carbonyl (C=O) groups is 3. The summed E-state index contributed by atoms with van der Waals surface area (Å²) in [4.78, 5) is 35.6. The molecule has 0 aliphatic rings. The van der Waals surface area contributed by atoms with E-state index in [1.54, 1.807) is 23.5 Å². The molecule has 0 fully saturated rings. The summed E-state index contributed by atoms with van der Waals surface area (Å²) in [6.07, 6.45) is 0.752. The number of esters is 1. The van der Waals surface area contributed by atoms with Gasteiger partial charge in [0.1, 0.15) is 0 Å². The van der Waals surface area contributed by atoms with Crippen molar-refractivity contribution in [2.75, 3.05) is 18.5 Å². The van der Waals surface area contributed by atoms with Gasteiger partial charge in [0.25, 0.3) is 5.91 Å². The zero-order valence-corrected chi connectivity index (χ0v) is 14.0. The molecule has 0 atom stereocenters. The summed E-state index contributed by atoms with van der Waals surface area (Å²) in [5.74, 6) is -1.11. The first-order valence-corrected chi connectivity index (χ1v) is 8.26. The SMILES string of the molecule is CC(=O)Nc1ccc(C(=O)OCC(=O)NCCc2cccs2)cc1. The third-order valence-corrected chi connectivity index (χ3v) is 3.99. The Hall–Kier alpha value is -2.67. The van der Waals surface area contributed by atoms with Crippen LogP contribution in [-0.4, -0.2) is 30.9 Å². The van der Waals surface area contributed by atoms with E-state index in [0.29, 0.717) is 17.8 Å². The third kappa shape index (κ3) is 5.85. The van der Waals surface area contributed by atoms with Crippen LogP contribution in [0.5, 0.6) is 0 Å². The Labute approximate surface area is 143 Å². The highest BCUT2D eigenvalue weighted by Gasteiger charge is 2.10. The monoisotopic (exact) mass is 346 g/mol. The fourth-order valence-corrected chi connectivity index (χ4v) is 2.65. The molecule has 2 rings (SSSR count). The minimum Gasteiger partial charge on any atom is -0.452 e. The van der Waals surface area contributed by atoms with Gasteiger partial charge in [0.05, 0.1) is 5.56 Å². The van der Waals surface area contributed by atoms with E-state index < -0.39 is 5.97 Å². The lowest BCUT2D eigenvalue weighted by Crippen LogP contribution is -2.30. The van der Waals surface area contributed by atoms with E-state index in [1.165, 1.54) is 23.9 Å². The number of anilines is 1. The first-order chi connectivity index (χ1) is 11.5. The molecule has 126 valence electrons. The molecule has 7 heteroatoms. The van der Waals surface area contributed by atoms with Crippen LogP contribution in [-0.2, 0) is 20.7 Å². The first-order valence-electron chi connectivity index (χ1n) is 7.38. The smallest absolute Gasteiger partial charge is 0.338 e. The molecule has 1 heterocycles. The van der Waals surface area contributed by atoms with Crippen molar-refractivity contribution in [1.82, 2.24) is 5.32 Å². The standard InChI is InChI=1S/C17H18N2O4S/c1-12(20)19-14-6-4-13(5-7-14)17(22)23-11-16(21)18-9-8-15-3-2-10-24-15/h2-7,10H,8-9,11H2,1H3,(H,18,21)(H,19,20). The van der Waals surface area contributed by atoms with Gasteiger partial charge < -0.3 is 15.4 Å². The van der Waals surface area contributed by atoms with Crippen LogP contribution in [0.2, 0.25) is 0 Å². The van der Waals surface area contributed by atoms with E-state index in [-0.39, 0.29) is 18.4 Å². The highest BCUT2D eigenvalue weighted by Crippen LogP contribution is 2.10. The molecule has 0 bridgehead atoms. The zero-order chi connectivity index (χ0) is 17.4. The molecule has 0 saturated carbocycles. The molecule has 2 aromatic rings. The molecule has 0 spiro atoms. The topological polar surface area (TPSA) is 84.5 Å². The fraction of sp³-hybridized carbons (Fsp3) is 0.235. The van der Waals surface area contributed by atoms with Gasteiger partial charge in [-0.2, -0.15) is 0 Å².